The van der Waals surface area contributed by atoms with Gasteiger partial charge < -0.3 is 0 Å². The second-order valence-electron chi connectivity index (χ2n) is 2.87. The Morgan fingerprint density at radius 1 is 0.800 bits per heavy atom. The third-order valence-corrected chi connectivity index (χ3v) is 1.83. The van der Waals surface area contributed by atoms with Crippen LogP contribution in [-0.2, 0) is 0 Å². The van der Waals surface area contributed by atoms with Crippen molar-refractivity contribution in [2.45, 2.75) is 58.8 Å². The Labute approximate surface area is 66.0 Å². The maximum Gasteiger partial charge on any atom is -0.0391 e. The Balaban J connectivity index is 0.000000162. The Morgan fingerprint density at radius 3 is 1.20 bits per heavy atom. The van der Waals surface area contributed by atoms with Gasteiger partial charge in [-0.2, -0.15) is 0 Å². The Morgan fingerprint density at radius 2 is 1.10 bits per heavy atom. The summed E-state index contributed by atoms with van der Waals surface area (Å²) in [6.07, 6.45) is 12.2. The van der Waals surface area contributed by atoms with E-state index in [0.29, 0.717) is 0 Å². The third kappa shape index (κ3) is 8.00. The van der Waals surface area contributed by atoms with Crippen molar-refractivity contribution in [3.8, 4) is 0 Å². The predicted octanol–water partition coefficient (Wildman–Crippen LogP) is 3.96. The molecule has 61 valence electrons. The molecule has 0 bridgehead atoms. The minimum absolute atomic E-state index is 1.22. The van der Waals surface area contributed by atoms with Crippen LogP contribution in [0.2, 0.25) is 0 Å². The summed E-state index contributed by atoms with van der Waals surface area (Å²) >= 11 is 0. The van der Waals surface area contributed by atoms with Crippen molar-refractivity contribution >= 4 is 0 Å². The van der Waals surface area contributed by atoms with E-state index >= 15 is 0 Å². The zero-order valence-electron chi connectivity index (χ0n) is 7.53. The molecule has 0 aromatic carbocycles. The van der Waals surface area contributed by atoms with Gasteiger partial charge in [0.25, 0.3) is 0 Å². The van der Waals surface area contributed by atoms with Crippen LogP contribution in [0.3, 0.4) is 0 Å². The van der Waals surface area contributed by atoms with Gasteiger partial charge in [-0.3, -0.25) is 0 Å². The fourth-order valence-corrected chi connectivity index (χ4v) is 1.17. The summed E-state index contributed by atoms with van der Waals surface area (Å²) in [5.74, 6) is 0. The van der Waals surface area contributed by atoms with Crippen LogP contribution in [0.25, 0.3) is 0 Å². The second kappa shape index (κ2) is 9.00. The molecular weight excluding hydrogens is 120 g/mol. The largest absolute Gasteiger partial charge is 0.0651 e. The quantitative estimate of drug-likeness (QED) is 0.546. The van der Waals surface area contributed by atoms with Gasteiger partial charge in [0, 0.05) is 0 Å². The molecule has 0 saturated heterocycles. The molecule has 1 saturated carbocycles. The lowest BCUT2D eigenvalue weighted by Crippen LogP contribution is -1.61. The van der Waals surface area contributed by atoms with E-state index in [9.17, 15) is 0 Å². The van der Waals surface area contributed by atoms with E-state index in [1.165, 1.54) is 44.9 Å². The molecule has 0 unspecified atom stereocenters. The van der Waals surface area contributed by atoms with E-state index in [1.54, 1.807) is 0 Å². The van der Waals surface area contributed by atoms with E-state index in [-0.39, 0.29) is 0 Å². The Hall–Kier alpha value is 0. The number of unbranched alkanes of at least 4 members (excludes halogenated alkanes) is 2. The Kier molecular flexibility index (Phi) is 9.00. The van der Waals surface area contributed by atoms with Crippen molar-refractivity contribution in [2.75, 3.05) is 0 Å². The van der Waals surface area contributed by atoms with E-state index < -0.39 is 0 Å². The number of hydrogen-bond acceptors (Lipinski definition) is 0. The van der Waals surface area contributed by atoms with Gasteiger partial charge in [0.05, 0.1) is 0 Å². The highest BCUT2D eigenvalue weighted by atomic mass is 14.0. The first-order chi connectivity index (χ1) is 4.91. The highest BCUT2D eigenvalue weighted by Gasteiger charge is 1.95. The van der Waals surface area contributed by atoms with E-state index in [0.717, 1.165) is 0 Å². The summed E-state index contributed by atoms with van der Waals surface area (Å²) in [6.45, 7) is 4.31. The molecule has 0 heterocycles. The minimum atomic E-state index is 1.22. The summed E-state index contributed by atoms with van der Waals surface area (Å²) in [4.78, 5) is 0. The molecule has 0 nitrogen and oxygen atoms in total. The van der Waals surface area contributed by atoms with Gasteiger partial charge in [-0.15, -0.1) is 0 Å². The highest BCUT2D eigenvalue weighted by molar-refractivity contribution is 4.54. The predicted molar refractivity (Wildman–Crippen MR) is 48.0 cm³/mol. The van der Waals surface area contributed by atoms with Crippen molar-refractivity contribution < 1.29 is 0 Å². The Bertz CT molecular complexity index is 34.4. The molecule has 1 aliphatic carbocycles. The summed E-state index contributed by atoms with van der Waals surface area (Å²) in [5.41, 5.74) is 0. The zero-order valence-corrected chi connectivity index (χ0v) is 7.53. The van der Waals surface area contributed by atoms with Gasteiger partial charge in [0.2, 0.25) is 0 Å². The summed E-state index contributed by atoms with van der Waals surface area (Å²) < 4.78 is 0. The standard InChI is InChI=1S/C5H10.C5H11/c1-2-4-5-3-1;1-3-5-4-2/h1-5H2;5H,3-4H2,1-2H3. The SMILES string of the molecule is C1CCCC1.CC[CH]CC. The highest BCUT2D eigenvalue weighted by Crippen LogP contribution is 2.15. The van der Waals surface area contributed by atoms with Gasteiger partial charge in [-0.1, -0.05) is 58.8 Å². The summed E-state index contributed by atoms with van der Waals surface area (Å²) in [7, 11) is 0. The van der Waals surface area contributed by atoms with E-state index in [4.69, 9.17) is 0 Å². The molecule has 0 aromatic heterocycles. The summed E-state index contributed by atoms with van der Waals surface area (Å²) in [6, 6.07) is 0. The zero-order chi connectivity index (χ0) is 7.66. The molecule has 1 rings (SSSR count). The van der Waals surface area contributed by atoms with Gasteiger partial charge in [0.15, 0.2) is 0 Å². The van der Waals surface area contributed by atoms with Crippen LogP contribution < -0.4 is 0 Å². The van der Waals surface area contributed by atoms with Crippen LogP contribution in [0.4, 0.5) is 0 Å². The van der Waals surface area contributed by atoms with Crippen LogP contribution >= 0.6 is 0 Å². The van der Waals surface area contributed by atoms with Crippen LogP contribution in [0.1, 0.15) is 58.8 Å². The lowest BCUT2D eigenvalue weighted by atomic mass is 10.3. The average molecular weight is 141 g/mol. The molecule has 0 N–H and O–H groups in total. The normalized spacial score (nSPS) is 16.2. The lowest BCUT2D eigenvalue weighted by molar-refractivity contribution is 0.886. The van der Waals surface area contributed by atoms with Gasteiger partial charge in [-0.25, -0.2) is 0 Å². The van der Waals surface area contributed by atoms with E-state index in [1.807, 2.05) is 0 Å². The van der Waals surface area contributed by atoms with Crippen molar-refractivity contribution in [1.82, 2.24) is 0 Å². The van der Waals surface area contributed by atoms with Crippen molar-refractivity contribution in [3.63, 3.8) is 0 Å². The van der Waals surface area contributed by atoms with Crippen LogP contribution in [-0.4, -0.2) is 0 Å². The topological polar surface area (TPSA) is 0 Å². The number of hydrogen-bond donors (Lipinski definition) is 0. The summed E-state index contributed by atoms with van der Waals surface area (Å²) in [5, 5.41) is 0. The first kappa shape index (κ1) is 10.0. The fourth-order valence-electron chi connectivity index (χ4n) is 1.17. The van der Waals surface area contributed by atoms with Crippen LogP contribution in [0.5, 0.6) is 0 Å². The smallest absolute Gasteiger partial charge is 0.0391 e. The molecular formula is C10H21. The molecule has 10 heavy (non-hydrogen) atoms. The molecule has 1 radical (unpaired) electrons. The maximum atomic E-state index is 2.25. The third-order valence-electron chi connectivity index (χ3n) is 1.83. The van der Waals surface area contributed by atoms with Gasteiger partial charge in [-0.05, 0) is 6.42 Å². The molecule has 0 amide bonds. The van der Waals surface area contributed by atoms with Crippen LogP contribution in [0, 0.1) is 6.42 Å². The van der Waals surface area contributed by atoms with Crippen molar-refractivity contribution in [2.24, 2.45) is 0 Å². The maximum absolute atomic E-state index is 2.25. The molecule has 0 aromatic rings. The average Bonchev–Trinajstić information content (AvgIpc) is 2.44. The molecule has 0 atom stereocenters. The number of rotatable bonds is 2. The van der Waals surface area contributed by atoms with Crippen molar-refractivity contribution in [3.05, 3.63) is 6.42 Å². The minimum Gasteiger partial charge on any atom is -0.0651 e. The molecule has 1 fully saturated rings. The van der Waals surface area contributed by atoms with Gasteiger partial charge in [0.1, 0.15) is 0 Å². The fraction of sp³-hybridized carbons (Fsp3) is 0.900. The van der Waals surface area contributed by atoms with Crippen LogP contribution in [0.15, 0.2) is 0 Å². The second-order valence-corrected chi connectivity index (χ2v) is 2.87. The van der Waals surface area contributed by atoms with Crippen molar-refractivity contribution in [1.29, 1.82) is 0 Å². The first-order valence-corrected chi connectivity index (χ1v) is 4.73. The van der Waals surface area contributed by atoms with Gasteiger partial charge >= 0.3 is 0 Å². The molecule has 0 aliphatic heterocycles. The lowest BCUT2D eigenvalue weighted by Gasteiger charge is -1.78. The molecule has 0 heteroatoms. The molecule has 0 spiro atoms. The monoisotopic (exact) mass is 141 g/mol. The first-order valence-electron chi connectivity index (χ1n) is 4.73. The molecule has 1 aliphatic rings. The van der Waals surface area contributed by atoms with E-state index in [2.05, 4.69) is 20.3 Å².